The van der Waals surface area contributed by atoms with Crippen molar-refractivity contribution in [2.45, 2.75) is 37.1 Å². The van der Waals surface area contributed by atoms with E-state index >= 15 is 0 Å². The Morgan fingerprint density at radius 2 is 1.97 bits per heavy atom. The van der Waals surface area contributed by atoms with E-state index in [1.54, 1.807) is 7.05 Å². The first kappa shape index (κ1) is 21.4. The largest absolute Gasteiger partial charge is 0.361 e. The van der Waals surface area contributed by atoms with E-state index in [0.717, 1.165) is 36.6 Å². The van der Waals surface area contributed by atoms with E-state index in [9.17, 15) is 4.79 Å². The van der Waals surface area contributed by atoms with Gasteiger partial charge in [-0.1, -0.05) is 36.4 Å². The van der Waals surface area contributed by atoms with Gasteiger partial charge in [-0.15, -0.1) is 4.99 Å². The maximum atomic E-state index is 13.0. The second-order valence-electron chi connectivity index (χ2n) is 8.34. The molecule has 4 N–H and O–H groups in total. The summed E-state index contributed by atoms with van der Waals surface area (Å²) in [4.78, 5) is 19.9. The Bertz CT molecular complexity index is 1140. The van der Waals surface area contributed by atoms with Crippen molar-refractivity contribution in [1.82, 2.24) is 20.9 Å². The van der Waals surface area contributed by atoms with Crippen LogP contribution in [0.25, 0.3) is 10.9 Å². The van der Waals surface area contributed by atoms with Gasteiger partial charge in [0.1, 0.15) is 0 Å². The van der Waals surface area contributed by atoms with Gasteiger partial charge in [0, 0.05) is 42.3 Å². The van der Waals surface area contributed by atoms with Gasteiger partial charge in [-0.2, -0.15) is 5.26 Å². The molecule has 7 nitrogen and oxygen atoms in total. The Balaban J connectivity index is 1.47. The van der Waals surface area contributed by atoms with E-state index in [1.165, 1.54) is 5.56 Å². The van der Waals surface area contributed by atoms with Crippen molar-refractivity contribution < 1.29 is 4.79 Å². The first-order valence-corrected chi connectivity index (χ1v) is 11.0. The molecule has 1 aromatic heterocycles. The summed E-state index contributed by atoms with van der Waals surface area (Å²) in [5.41, 5.74) is 2.74. The average Bonchev–Trinajstić information content (AvgIpc) is 3.32. The number of benzene rings is 2. The van der Waals surface area contributed by atoms with Crippen LogP contribution < -0.4 is 16.0 Å². The number of hydrogen-bond donors (Lipinski definition) is 4. The standard InChI is InChI=1S/C25H28N6O/c1-27-24(30-17-26)31-21-9-12-25(13-10-21,20-5-3-2-4-6-20)16-29-23(32)19-8-7-18-11-14-28-22(18)15-19/h2-8,11,14-15,21,28H,9-10,12-13,16H2,1H3,(H,29,32)(H2,27,30,31)/t21-,25-. The van der Waals surface area contributed by atoms with Crippen molar-refractivity contribution in [2.75, 3.05) is 13.6 Å². The van der Waals surface area contributed by atoms with Crippen molar-refractivity contribution in [2.24, 2.45) is 4.99 Å². The van der Waals surface area contributed by atoms with Crippen LogP contribution in [0.1, 0.15) is 41.6 Å². The molecule has 0 atom stereocenters. The van der Waals surface area contributed by atoms with Crippen molar-refractivity contribution >= 4 is 22.8 Å². The molecule has 0 spiro atoms. The third kappa shape index (κ3) is 4.59. The number of aromatic amines is 1. The summed E-state index contributed by atoms with van der Waals surface area (Å²) in [7, 11) is 1.75. The van der Waals surface area contributed by atoms with Crippen LogP contribution in [0.4, 0.5) is 0 Å². The van der Waals surface area contributed by atoms with Crippen LogP contribution in [-0.4, -0.2) is 36.5 Å². The molecule has 1 saturated carbocycles. The highest BCUT2D eigenvalue weighted by molar-refractivity contribution is 5.97. The first-order valence-electron chi connectivity index (χ1n) is 11.0. The maximum absolute atomic E-state index is 13.0. The number of hydrogen-bond acceptors (Lipinski definition) is 3. The van der Waals surface area contributed by atoms with Crippen molar-refractivity contribution in [3.63, 3.8) is 0 Å². The van der Waals surface area contributed by atoms with E-state index in [1.807, 2.05) is 42.7 Å². The smallest absolute Gasteiger partial charge is 0.251 e. The fourth-order valence-corrected chi connectivity index (χ4v) is 4.62. The van der Waals surface area contributed by atoms with Crippen molar-refractivity contribution in [1.29, 1.82) is 5.26 Å². The molecule has 0 bridgehead atoms. The highest BCUT2D eigenvalue weighted by Gasteiger charge is 2.37. The summed E-state index contributed by atoms with van der Waals surface area (Å²) in [6, 6.07) is 18.4. The quantitative estimate of drug-likeness (QED) is 0.284. The molecule has 0 aliphatic heterocycles. The number of H-pyrrole nitrogens is 1. The zero-order valence-corrected chi connectivity index (χ0v) is 18.2. The third-order valence-electron chi connectivity index (χ3n) is 6.47. The van der Waals surface area contributed by atoms with Gasteiger partial charge >= 0.3 is 0 Å². The summed E-state index contributed by atoms with van der Waals surface area (Å²) < 4.78 is 0. The molecule has 1 aliphatic carbocycles. The number of carbonyl (C=O) groups is 1. The Morgan fingerprint density at radius 1 is 1.19 bits per heavy atom. The normalized spacial score (nSPS) is 21.0. The predicted molar refractivity (Wildman–Crippen MR) is 126 cm³/mol. The Labute approximate surface area is 187 Å². The zero-order chi connectivity index (χ0) is 22.4. The number of nitrogens with zero attached hydrogens (tertiary/aromatic N) is 2. The van der Waals surface area contributed by atoms with Gasteiger partial charge in [0.25, 0.3) is 5.91 Å². The Kier molecular flexibility index (Phi) is 6.41. The van der Waals surface area contributed by atoms with Gasteiger partial charge in [-0.05, 0) is 54.8 Å². The molecule has 32 heavy (non-hydrogen) atoms. The van der Waals surface area contributed by atoms with Gasteiger partial charge in [0.2, 0.25) is 12.2 Å². The van der Waals surface area contributed by atoms with E-state index < -0.39 is 0 Å². The molecule has 164 valence electrons. The number of aromatic nitrogens is 1. The molecule has 0 radical (unpaired) electrons. The minimum absolute atomic E-state index is 0.0596. The van der Waals surface area contributed by atoms with Crippen molar-refractivity contribution in [3.8, 4) is 6.19 Å². The Morgan fingerprint density at radius 3 is 2.69 bits per heavy atom. The molecule has 3 aromatic rings. The summed E-state index contributed by atoms with van der Waals surface area (Å²) in [5.74, 6) is 0.438. The van der Waals surface area contributed by atoms with E-state index in [-0.39, 0.29) is 17.4 Å². The monoisotopic (exact) mass is 428 g/mol. The zero-order valence-electron chi connectivity index (χ0n) is 18.2. The minimum Gasteiger partial charge on any atom is -0.361 e. The van der Waals surface area contributed by atoms with Crippen molar-refractivity contribution in [3.05, 3.63) is 71.9 Å². The lowest BCUT2D eigenvalue weighted by atomic mass is 9.68. The molecule has 1 heterocycles. The highest BCUT2D eigenvalue weighted by atomic mass is 16.1. The van der Waals surface area contributed by atoms with Crippen LogP contribution in [0.3, 0.4) is 0 Å². The maximum Gasteiger partial charge on any atom is 0.251 e. The lowest BCUT2D eigenvalue weighted by molar-refractivity contribution is 0.0935. The molecule has 1 amide bonds. The average molecular weight is 429 g/mol. The van der Waals surface area contributed by atoms with Gasteiger partial charge in [-0.3, -0.25) is 4.79 Å². The number of amides is 1. The first-order chi connectivity index (χ1) is 15.6. The van der Waals surface area contributed by atoms with Crippen LogP contribution in [-0.2, 0) is 5.41 Å². The molecule has 1 aliphatic rings. The number of rotatable bonds is 5. The van der Waals surface area contributed by atoms with Crippen LogP contribution in [0.5, 0.6) is 0 Å². The highest BCUT2D eigenvalue weighted by Crippen LogP contribution is 2.39. The Hall–Kier alpha value is -3.79. The van der Waals surface area contributed by atoms with Gasteiger partial charge < -0.3 is 20.9 Å². The number of nitriles is 1. The van der Waals surface area contributed by atoms with Gasteiger partial charge in [0.05, 0.1) is 0 Å². The lowest BCUT2D eigenvalue weighted by Crippen LogP contribution is -2.49. The number of aliphatic imine (C=N–C) groups is 1. The summed E-state index contributed by atoms with van der Waals surface area (Å²) in [6.45, 7) is 0.580. The molecule has 0 saturated heterocycles. The molecule has 7 heteroatoms. The third-order valence-corrected chi connectivity index (χ3v) is 6.47. The molecule has 2 aromatic carbocycles. The SMILES string of the molecule is CN/C(=N\C#N)N[C@H]1CC[C@](CNC(=O)c2ccc3cc[nH]c3c2)(c2ccccc2)CC1. The van der Waals surface area contributed by atoms with Crippen LogP contribution in [0, 0.1) is 11.5 Å². The van der Waals surface area contributed by atoms with Gasteiger partial charge in [-0.25, -0.2) is 0 Å². The molecular weight excluding hydrogens is 400 g/mol. The van der Waals surface area contributed by atoms with E-state index in [2.05, 4.69) is 50.2 Å². The predicted octanol–water partition coefficient (Wildman–Crippen LogP) is 3.42. The number of guanidine groups is 1. The second-order valence-corrected chi connectivity index (χ2v) is 8.34. The molecule has 0 unspecified atom stereocenters. The number of nitrogens with one attached hydrogen (secondary N) is 4. The molecule has 4 rings (SSSR count). The fourth-order valence-electron chi connectivity index (χ4n) is 4.62. The summed E-state index contributed by atoms with van der Waals surface area (Å²) in [5, 5.41) is 19.4. The van der Waals surface area contributed by atoms with Crippen LogP contribution in [0.2, 0.25) is 0 Å². The van der Waals surface area contributed by atoms with Crippen LogP contribution in [0.15, 0.2) is 65.8 Å². The van der Waals surface area contributed by atoms with Gasteiger partial charge in [0.15, 0.2) is 0 Å². The van der Waals surface area contributed by atoms with Crippen LogP contribution >= 0.6 is 0 Å². The summed E-state index contributed by atoms with van der Waals surface area (Å²) in [6.07, 6.45) is 7.39. The topological polar surface area (TPSA) is 105 Å². The number of carbonyl (C=O) groups excluding carboxylic acids is 1. The van der Waals surface area contributed by atoms with E-state index in [0.29, 0.717) is 18.1 Å². The fraction of sp³-hybridized carbons (Fsp3) is 0.320. The second kappa shape index (κ2) is 9.56. The minimum atomic E-state index is -0.127. The van der Waals surface area contributed by atoms with E-state index in [4.69, 9.17) is 5.26 Å². The number of fused-ring (bicyclic) bond motifs is 1. The lowest BCUT2D eigenvalue weighted by Gasteiger charge is -2.41. The molecule has 1 fully saturated rings. The molecular formula is C25H28N6O. The summed E-state index contributed by atoms with van der Waals surface area (Å²) >= 11 is 0.